The maximum absolute atomic E-state index is 13.0. The summed E-state index contributed by atoms with van der Waals surface area (Å²) in [5.74, 6) is -0.0622. The fourth-order valence-electron chi connectivity index (χ4n) is 5.41. The number of ether oxygens (including phenoxy) is 7. The van der Waals surface area contributed by atoms with Gasteiger partial charge in [0.05, 0.1) is 59.3 Å². The molecule has 0 heterocycles. The van der Waals surface area contributed by atoms with E-state index in [1.165, 1.54) is 14.0 Å². The zero-order valence-corrected chi connectivity index (χ0v) is 28.5. The zero-order chi connectivity index (χ0) is 34.5. The summed E-state index contributed by atoms with van der Waals surface area (Å²) < 4.78 is 37.8. The first-order valence-corrected chi connectivity index (χ1v) is 15.9. The smallest absolute Gasteiger partial charge is 0.407 e. The number of amides is 3. The summed E-state index contributed by atoms with van der Waals surface area (Å²) in [4.78, 5) is 51.1. The standard InChI is InChI=1S/C32H55N3O11/c1-9-13-41-15-17-43-19-20-44-18-16-42-14-12-33-30(38)45-28-24(29(37)40-8)21-25(35-31(39)46-32(5,6)7)26(28)27(34-22(4)36)23(10-2)11-3/h1,23-28H,10-21H2,2-8H3,(H,33,38)(H,34,36)(H,35,39)/t24-,25+,26+,27-,28+/m0/s1. The van der Waals surface area contributed by atoms with Gasteiger partial charge in [-0.05, 0) is 33.1 Å². The van der Waals surface area contributed by atoms with E-state index in [2.05, 4.69) is 21.9 Å². The number of carbonyl (C=O) groups is 4. The monoisotopic (exact) mass is 657 g/mol. The Morgan fingerprint density at radius 1 is 0.891 bits per heavy atom. The molecule has 14 nitrogen and oxygen atoms in total. The van der Waals surface area contributed by atoms with Crippen molar-refractivity contribution in [3.05, 3.63) is 0 Å². The van der Waals surface area contributed by atoms with Gasteiger partial charge in [0.15, 0.2) is 0 Å². The average Bonchev–Trinajstić information content (AvgIpc) is 3.32. The van der Waals surface area contributed by atoms with E-state index in [4.69, 9.17) is 39.6 Å². The van der Waals surface area contributed by atoms with E-state index in [-0.39, 0.29) is 38.0 Å². The van der Waals surface area contributed by atoms with E-state index in [0.717, 1.165) is 0 Å². The molecule has 0 aromatic carbocycles. The van der Waals surface area contributed by atoms with Crippen LogP contribution in [0.1, 0.15) is 60.8 Å². The molecule has 0 bridgehead atoms. The Labute approximate surface area is 273 Å². The molecular formula is C32H55N3O11. The topological polar surface area (TPSA) is 169 Å². The molecule has 1 saturated carbocycles. The molecule has 1 aliphatic carbocycles. The van der Waals surface area contributed by atoms with Gasteiger partial charge in [0.2, 0.25) is 5.91 Å². The highest BCUT2D eigenvalue weighted by Crippen LogP contribution is 2.40. The van der Waals surface area contributed by atoms with Crippen LogP contribution in [0.25, 0.3) is 0 Å². The summed E-state index contributed by atoms with van der Waals surface area (Å²) in [6.07, 6.45) is 4.17. The lowest BCUT2D eigenvalue weighted by Gasteiger charge is -2.37. The molecular weight excluding hydrogens is 602 g/mol. The summed E-state index contributed by atoms with van der Waals surface area (Å²) in [7, 11) is 1.25. The van der Waals surface area contributed by atoms with E-state index < -0.39 is 53.8 Å². The molecule has 0 radical (unpaired) electrons. The van der Waals surface area contributed by atoms with Gasteiger partial charge in [0, 0.05) is 31.5 Å². The molecule has 0 spiro atoms. The SMILES string of the molecule is C#CCOCCOCCOCCOCCNC(=O)O[C@H]1[C@@H]([C@@H](NC(C)=O)C(CC)CC)[C@H](NC(=O)OC(C)(C)C)C[C@@H]1C(=O)OC. The number of hydrogen-bond acceptors (Lipinski definition) is 11. The number of carbonyl (C=O) groups excluding carboxylic acids is 4. The molecule has 1 aliphatic rings. The Morgan fingerprint density at radius 3 is 1.96 bits per heavy atom. The molecule has 1 fully saturated rings. The highest BCUT2D eigenvalue weighted by Gasteiger charge is 2.54. The molecule has 1 rings (SSSR count). The van der Waals surface area contributed by atoms with Crippen molar-refractivity contribution < 1.29 is 52.3 Å². The van der Waals surface area contributed by atoms with Crippen LogP contribution in [0, 0.1) is 30.1 Å². The lowest BCUT2D eigenvalue weighted by atomic mass is 9.80. The zero-order valence-electron chi connectivity index (χ0n) is 28.5. The Balaban J connectivity index is 2.83. The second-order valence-corrected chi connectivity index (χ2v) is 11.9. The van der Waals surface area contributed by atoms with Crippen molar-refractivity contribution in [1.29, 1.82) is 0 Å². The van der Waals surface area contributed by atoms with Gasteiger partial charge < -0.3 is 49.1 Å². The van der Waals surface area contributed by atoms with Gasteiger partial charge in [-0.25, -0.2) is 9.59 Å². The van der Waals surface area contributed by atoms with Crippen LogP contribution < -0.4 is 16.0 Å². The summed E-state index contributed by atoms with van der Waals surface area (Å²) in [6, 6.07) is -1.18. The van der Waals surface area contributed by atoms with Gasteiger partial charge >= 0.3 is 18.2 Å². The molecule has 264 valence electrons. The third kappa shape index (κ3) is 15.9. The van der Waals surface area contributed by atoms with Crippen LogP contribution in [0.3, 0.4) is 0 Å². The number of methoxy groups -OCH3 is 1. The van der Waals surface area contributed by atoms with Crippen LogP contribution in [0.2, 0.25) is 0 Å². The second-order valence-electron chi connectivity index (χ2n) is 11.9. The largest absolute Gasteiger partial charge is 0.469 e. The fourth-order valence-corrected chi connectivity index (χ4v) is 5.41. The molecule has 0 aromatic heterocycles. The van der Waals surface area contributed by atoms with Crippen LogP contribution in [0.4, 0.5) is 9.59 Å². The minimum absolute atomic E-state index is 0.0301. The van der Waals surface area contributed by atoms with Crippen molar-refractivity contribution in [3.8, 4) is 12.3 Å². The van der Waals surface area contributed by atoms with Crippen molar-refractivity contribution in [2.45, 2.75) is 84.6 Å². The molecule has 0 aromatic rings. The average molecular weight is 658 g/mol. The molecule has 5 atom stereocenters. The number of alkyl carbamates (subject to hydrolysis) is 2. The highest BCUT2D eigenvalue weighted by molar-refractivity contribution is 5.76. The predicted octanol–water partition coefficient (Wildman–Crippen LogP) is 2.42. The summed E-state index contributed by atoms with van der Waals surface area (Å²) in [6.45, 7) is 13.5. The van der Waals surface area contributed by atoms with Crippen LogP contribution in [-0.4, -0.2) is 114 Å². The quantitative estimate of drug-likeness (QED) is 0.0717. The summed E-state index contributed by atoms with van der Waals surface area (Å²) in [5, 5.41) is 8.52. The van der Waals surface area contributed by atoms with E-state index in [1.54, 1.807) is 20.8 Å². The van der Waals surface area contributed by atoms with Gasteiger partial charge in [0.1, 0.15) is 18.3 Å². The minimum Gasteiger partial charge on any atom is -0.469 e. The van der Waals surface area contributed by atoms with Crippen LogP contribution in [0.5, 0.6) is 0 Å². The number of hydrogen-bond donors (Lipinski definition) is 3. The van der Waals surface area contributed by atoms with Crippen LogP contribution in [-0.2, 0) is 42.7 Å². The van der Waals surface area contributed by atoms with Crippen molar-refractivity contribution in [2.75, 3.05) is 66.5 Å². The van der Waals surface area contributed by atoms with Gasteiger partial charge in [0.25, 0.3) is 0 Å². The Bertz CT molecular complexity index is 962. The van der Waals surface area contributed by atoms with E-state index in [9.17, 15) is 19.2 Å². The van der Waals surface area contributed by atoms with Gasteiger partial charge in [-0.3, -0.25) is 9.59 Å². The van der Waals surface area contributed by atoms with Crippen molar-refractivity contribution in [3.63, 3.8) is 0 Å². The molecule has 14 heteroatoms. The molecule has 0 saturated heterocycles. The van der Waals surface area contributed by atoms with E-state index >= 15 is 0 Å². The van der Waals surface area contributed by atoms with Crippen molar-refractivity contribution in [2.24, 2.45) is 17.8 Å². The highest BCUT2D eigenvalue weighted by atomic mass is 16.6. The number of esters is 1. The molecule has 46 heavy (non-hydrogen) atoms. The Morgan fingerprint density at radius 2 is 1.46 bits per heavy atom. The van der Waals surface area contributed by atoms with Gasteiger partial charge in [-0.2, -0.15) is 0 Å². The lowest BCUT2D eigenvalue weighted by molar-refractivity contribution is -0.149. The van der Waals surface area contributed by atoms with Crippen molar-refractivity contribution >= 4 is 24.1 Å². The molecule has 0 unspecified atom stereocenters. The first-order valence-electron chi connectivity index (χ1n) is 15.9. The number of terminal acetylenes is 1. The van der Waals surface area contributed by atoms with Gasteiger partial charge in [-0.15, -0.1) is 6.42 Å². The van der Waals surface area contributed by atoms with Gasteiger partial charge in [-0.1, -0.05) is 32.6 Å². The predicted molar refractivity (Wildman–Crippen MR) is 169 cm³/mol. The molecule has 3 amide bonds. The minimum atomic E-state index is -1.01. The Kier molecular flexibility index (Phi) is 19.9. The summed E-state index contributed by atoms with van der Waals surface area (Å²) >= 11 is 0. The van der Waals surface area contributed by atoms with E-state index in [1.807, 2.05) is 13.8 Å². The number of rotatable bonds is 21. The third-order valence-electron chi connectivity index (χ3n) is 7.36. The third-order valence-corrected chi connectivity index (χ3v) is 7.36. The first-order chi connectivity index (χ1) is 21.9. The maximum Gasteiger partial charge on any atom is 0.407 e. The second kappa shape index (κ2) is 22.4. The first kappa shape index (κ1) is 40.9. The Hall–Kier alpha value is -3.12. The fraction of sp³-hybridized carbons (Fsp3) is 0.812. The molecule has 3 N–H and O–H groups in total. The normalized spacial score (nSPS) is 20.0. The summed E-state index contributed by atoms with van der Waals surface area (Å²) in [5.41, 5.74) is -0.761. The van der Waals surface area contributed by atoms with Crippen molar-refractivity contribution in [1.82, 2.24) is 16.0 Å². The maximum atomic E-state index is 13.0. The number of nitrogens with one attached hydrogen (secondary N) is 3. The van der Waals surface area contributed by atoms with E-state index in [0.29, 0.717) is 52.5 Å². The lowest BCUT2D eigenvalue weighted by Crippen LogP contribution is -2.55. The molecule has 0 aliphatic heterocycles. The van der Waals surface area contributed by atoms with Crippen LogP contribution in [0.15, 0.2) is 0 Å². The van der Waals surface area contributed by atoms with Crippen LogP contribution >= 0.6 is 0 Å².